The number of carbonyl (C=O) groups excluding carboxylic acids is 1. The Morgan fingerprint density at radius 2 is 1.67 bits per heavy atom. The number of nitrogens with zero attached hydrogens (tertiary/aromatic N) is 2. The zero-order chi connectivity index (χ0) is 22.6. The number of nitrogens with two attached hydrogens (primary N) is 1. The lowest BCUT2D eigenvalue weighted by atomic mass is 9.94. The monoisotopic (exact) mass is 496 g/mol. The summed E-state index contributed by atoms with van der Waals surface area (Å²) < 4.78 is 0. The number of amides is 2. The maximum atomic E-state index is 13.2. The molecule has 2 bridgehead atoms. The lowest BCUT2D eigenvalue weighted by Gasteiger charge is -2.34. The van der Waals surface area contributed by atoms with Crippen LogP contribution in [0.25, 0.3) is 11.1 Å². The van der Waals surface area contributed by atoms with Crippen LogP contribution in [0.4, 0.5) is 21.9 Å². The van der Waals surface area contributed by atoms with E-state index >= 15 is 0 Å². The molecular weight excluding hydrogens is 479 g/mol. The Morgan fingerprint density at radius 3 is 2.33 bits per heavy atom. The van der Waals surface area contributed by atoms with Crippen LogP contribution >= 0.6 is 34.8 Å². The number of benzene rings is 3. The molecule has 1 unspecified atom stereocenters. The second kappa shape index (κ2) is 6.57. The molecule has 3 aromatic carbocycles. The molecule has 0 radical (unpaired) electrons. The minimum absolute atomic E-state index is 0.0242. The van der Waals surface area contributed by atoms with Gasteiger partial charge in [-0.1, -0.05) is 59.1 Å². The van der Waals surface area contributed by atoms with Crippen molar-refractivity contribution in [2.24, 2.45) is 17.6 Å². The maximum absolute atomic E-state index is 13.2. The molecule has 0 spiro atoms. The molecule has 4 atom stereocenters. The number of rotatable bonds is 3. The largest absolute Gasteiger partial charge is 0.366 e. The highest BCUT2D eigenvalue weighted by molar-refractivity contribution is 6.40. The minimum atomic E-state index is -0.272. The zero-order valence-electron chi connectivity index (χ0n) is 17.4. The van der Waals surface area contributed by atoms with Gasteiger partial charge in [0.2, 0.25) is 0 Å². The van der Waals surface area contributed by atoms with E-state index in [0.29, 0.717) is 45.2 Å². The van der Waals surface area contributed by atoms with Gasteiger partial charge in [0.1, 0.15) is 0 Å². The first kappa shape index (κ1) is 20.0. The van der Waals surface area contributed by atoms with Crippen LogP contribution in [-0.4, -0.2) is 24.2 Å². The maximum Gasteiger partial charge on any atom is 0.326 e. The van der Waals surface area contributed by atoms with Crippen LogP contribution in [0.15, 0.2) is 54.6 Å². The summed E-state index contributed by atoms with van der Waals surface area (Å²) in [5.41, 5.74) is 11.6. The minimum Gasteiger partial charge on any atom is -0.366 e. The molecule has 166 valence electrons. The van der Waals surface area contributed by atoms with Crippen LogP contribution in [0.1, 0.15) is 5.56 Å². The molecular formula is C25H19Cl3N4O. The van der Waals surface area contributed by atoms with Crippen LogP contribution in [0.2, 0.25) is 15.1 Å². The van der Waals surface area contributed by atoms with Crippen LogP contribution in [0.3, 0.4) is 0 Å². The van der Waals surface area contributed by atoms with Crippen molar-refractivity contribution < 1.29 is 4.79 Å². The normalized spacial score (nSPS) is 28.4. The van der Waals surface area contributed by atoms with Crippen LogP contribution in [0, 0.1) is 11.8 Å². The molecule has 5 aliphatic rings. The number of piperidine rings is 1. The molecule has 2 saturated carbocycles. The van der Waals surface area contributed by atoms with Gasteiger partial charge >= 0.3 is 6.03 Å². The van der Waals surface area contributed by atoms with E-state index in [1.165, 1.54) is 0 Å². The number of hydrogen-bond donors (Lipinski definition) is 2. The lowest BCUT2D eigenvalue weighted by Crippen LogP contribution is -2.42. The predicted molar refractivity (Wildman–Crippen MR) is 133 cm³/mol. The highest BCUT2D eigenvalue weighted by Gasteiger charge is 2.91. The molecule has 3 heterocycles. The Labute approximate surface area is 206 Å². The van der Waals surface area contributed by atoms with Gasteiger partial charge in [0, 0.05) is 52.3 Å². The van der Waals surface area contributed by atoms with Crippen molar-refractivity contribution in [3.63, 3.8) is 0 Å². The number of halogens is 3. The van der Waals surface area contributed by atoms with E-state index in [2.05, 4.69) is 22.3 Å². The summed E-state index contributed by atoms with van der Waals surface area (Å²) in [5, 5.41) is 4.45. The number of hydrogen-bond acceptors (Lipinski definition) is 3. The molecule has 5 nitrogen and oxygen atoms in total. The summed E-state index contributed by atoms with van der Waals surface area (Å²) >= 11 is 19.7. The van der Waals surface area contributed by atoms with Gasteiger partial charge in [-0.15, -0.1) is 0 Å². The number of carbonyl (C=O) groups is 1. The summed E-state index contributed by atoms with van der Waals surface area (Å²) in [6.45, 7) is 1.31. The van der Waals surface area contributed by atoms with E-state index in [9.17, 15) is 4.79 Å². The Hall–Kier alpha value is -2.44. The van der Waals surface area contributed by atoms with E-state index in [1.807, 2.05) is 24.3 Å². The molecule has 3 aromatic rings. The lowest BCUT2D eigenvalue weighted by molar-refractivity contribution is 0.247. The third kappa shape index (κ3) is 2.56. The van der Waals surface area contributed by atoms with Crippen molar-refractivity contribution in [1.29, 1.82) is 0 Å². The predicted octanol–water partition coefficient (Wildman–Crippen LogP) is 5.82. The third-order valence-electron chi connectivity index (χ3n) is 7.74. The Kier molecular flexibility index (Phi) is 3.98. The first-order chi connectivity index (χ1) is 15.9. The van der Waals surface area contributed by atoms with Crippen molar-refractivity contribution in [3.05, 3.63) is 75.2 Å². The molecule has 2 amide bonds. The van der Waals surface area contributed by atoms with Gasteiger partial charge in [-0.05, 0) is 35.9 Å². The summed E-state index contributed by atoms with van der Waals surface area (Å²) in [4.78, 5) is 17.1. The van der Waals surface area contributed by atoms with E-state index in [1.54, 1.807) is 23.1 Å². The topological polar surface area (TPSA) is 61.6 Å². The van der Waals surface area contributed by atoms with Gasteiger partial charge in [0.15, 0.2) is 0 Å². The van der Waals surface area contributed by atoms with Gasteiger partial charge in [-0.3, -0.25) is 4.90 Å². The second-order valence-electron chi connectivity index (χ2n) is 9.26. The average molecular weight is 498 g/mol. The fourth-order valence-corrected chi connectivity index (χ4v) is 6.81. The second-order valence-corrected chi connectivity index (χ2v) is 10.5. The smallest absolute Gasteiger partial charge is 0.326 e. The van der Waals surface area contributed by atoms with Crippen molar-refractivity contribution in [3.8, 4) is 11.1 Å². The fraction of sp³-hybridized carbons (Fsp3) is 0.240. The molecule has 33 heavy (non-hydrogen) atoms. The quantitative estimate of drug-likeness (QED) is 0.479. The SMILES string of the molecule is N[C@@]12C3[C@H]1[C@H]2CN3c1cc(-c2ccccc2Cl)c2c(c1)N(c1c(Cl)cccc1Cl)C(=O)NC2. The van der Waals surface area contributed by atoms with E-state index in [4.69, 9.17) is 40.5 Å². The highest BCUT2D eigenvalue weighted by Crippen LogP contribution is 2.77. The molecule has 8 rings (SSSR count). The summed E-state index contributed by atoms with van der Waals surface area (Å²) in [6.07, 6.45) is 0. The molecule has 2 aliphatic carbocycles. The fourth-order valence-electron chi connectivity index (χ4n) is 6.01. The molecule has 4 fully saturated rings. The number of anilines is 3. The summed E-state index contributed by atoms with van der Waals surface area (Å²) in [5.74, 6) is 1.16. The number of urea groups is 1. The molecule has 2 saturated heterocycles. The van der Waals surface area contributed by atoms with Crippen molar-refractivity contribution in [1.82, 2.24) is 5.32 Å². The van der Waals surface area contributed by atoms with Gasteiger partial charge in [0.05, 0.1) is 27.5 Å². The number of para-hydroxylation sites is 1. The van der Waals surface area contributed by atoms with Crippen molar-refractivity contribution in [2.45, 2.75) is 18.1 Å². The molecule has 8 heteroatoms. The number of nitrogens with one attached hydrogen (secondary N) is 1. The Balaban J connectivity index is 1.47. The first-order valence-electron chi connectivity index (χ1n) is 10.9. The van der Waals surface area contributed by atoms with Gasteiger partial charge in [0.25, 0.3) is 0 Å². The third-order valence-corrected chi connectivity index (χ3v) is 8.68. The molecule has 0 aromatic heterocycles. The van der Waals surface area contributed by atoms with E-state index in [0.717, 1.165) is 34.6 Å². The highest BCUT2D eigenvalue weighted by atomic mass is 35.5. The first-order valence-corrected chi connectivity index (χ1v) is 12.0. The van der Waals surface area contributed by atoms with Crippen LogP contribution in [0.5, 0.6) is 0 Å². The number of fused-ring (bicyclic) bond motifs is 2. The van der Waals surface area contributed by atoms with E-state index in [-0.39, 0.29) is 11.6 Å². The average Bonchev–Trinajstić information content (AvgIpc) is 3.41. The van der Waals surface area contributed by atoms with Crippen molar-refractivity contribution in [2.75, 3.05) is 16.3 Å². The van der Waals surface area contributed by atoms with Crippen LogP contribution < -0.4 is 20.9 Å². The summed E-state index contributed by atoms with van der Waals surface area (Å²) in [7, 11) is 0. The summed E-state index contributed by atoms with van der Waals surface area (Å²) in [6, 6.07) is 17.3. The zero-order valence-corrected chi connectivity index (χ0v) is 19.6. The van der Waals surface area contributed by atoms with Gasteiger partial charge in [-0.2, -0.15) is 0 Å². The molecule has 3 aliphatic heterocycles. The van der Waals surface area contributed by atoms with Crippen molar-refractivity contribution >= 4 is 57.9 Å². The Bertz CT molecular complexity index is 1350. The van der Waals surface area contributed by atoms with Gasteiger partial charge < -0.3 is 16.0 Å². The standard InChI is InChI=1S/C25H19Cl3N4O/c26-17-5-2-1-4-13(17)14-8-12(31-11-16-21-23(31)25(16,21)29)9-20-15(14)10-30-24(33)32(20)22-18(27)6-3-7-19(22)28/h1-9,16,21,23H,10-11,29H2,(H,30,33)/t16-,21-,23?,25-/m1/s1. The molecule has 3 N–H and O–H groups in total. The van der Waals surface area contributed by atoms with E-state index < -0.39 is 0 Å². The van der Waals surface area contributed by atoms with Gasteiger partial charge in [-0.25, -0.2) is 4.79 Å². The van der Waals surface area contributed by atoms with Crippen LogP contribution in [-0.2, 0) is 6.54 Å². The Morgan fingerprint density at radius 1 is 0.970 bits per heavy atom.